The van der Waals surface area contributed by atoms with Gasteiger partial charge in [-0.25, -0.2) is 4.79 Å². The van der Waals surface area contributed by atoms with Crippen LogP contribution in [0.3, 0.4) is 0 Å². The smallest absolute Gasteiger partial charge is 0.410 e. The predicted octanol–water partition coefficient (Wildman–Crippen LogP) is 5.47. The molecule has 0 saturated heterocycles. The van der Waals surface area contributed by atoms with Crippen LogP contribution < -0.4 is 4.74 Å². The molecule has 2 aromatic carbocycles. The Bertz CT molecular complexity index is 1260. The number of carbonyl (C=O) groups excluding carboxylic acids is 1. The van der Waals surface area contributed by atoms with Crippen LogP contribution in [0.1, 0.15) is 56.0 Å². The number of rotatable bonds is 9. The first-order chi connectivity index (χ1) is 17.8. The van der Waals surface area contributed by atoms with Crippen molar-refractivity contribution in [2.24, 2.45) is 10.8 Å². The maximum absolute atomic E-state index is 13.3. The summed E-state index contributed by atoms with van der Waals surface area (Å²) in [6.07, 6.45) is 3.18. The van der Waals surface area contributed by atoms with Gasteiger partial charge in [-0.05, 0) is 67.1 Å². The van der Waals surface area contributed by atoms with Crippen molar-refractivity contribution in [1.82, 2.24) is 9.88 Å². The van der Waals surface area contributed by atoms with Crippen molar-refractivity contribution >= 4 is 28.6 Å². The molecule has 198 valence electrons. The molecule has 1 amide bonds. The van der Waals surface area contributed by atoms with Gasteiger partial charge in [-0.1, -0.05) is 37.6 Å². The quantitative estimate of drug-likeness (QED) is 0.344. The topological polar surface area (TPSA) is 95.0 Å². The van der Waals surface area contributed by atoms with Gasteiger partial charge in [0.1, 0.15) is 11.8 Å². The van der Waals surface area contributed by atoms with E-state index in [1.54, 1.807) is 4.90 Å². The molecule has 1 aliphatic carbocycles. The molecule has 0 unspecified atom stereocenters. The maximum atomic E-state index is 13.3. The van der Waals surface area contributed by atoms with Crippen LogP contribution in [-0.2, 0) is 11.2 Å². The third-order valence-corrected chi connectivity index (χ3v) is 8.37. The molecule has 1 saturated carbocycles. The first-order valence-corrected chi connectivity index (χ1v) is 13.4. The third kappa shape index (κ3) is 5.17. The zero-order valence-electron chi connectivity index (χ0n) is 21.4. The number of ether oxygens (including phenoxy) is 2. The van der Waals surface area contributed by atoms with Crippen LogP contribution >= 0.6 is 11.6 Å². The van der Waals surface area contributed by atoms with Crippen LogP contribution in [0.5, 0.6) is 5.75 Å². The monoisotopic (exact) mass is 526 g/mol. The van der Waals surface area contributed by atoms with E-state index in [0.29, 0.717) is 36.8 Å². The zero-order chi connectivity index (χ0) is 26.2. The normalized spacial score (nSPS) is 18.5. The highest BCUT2D eigenvalue weighted by Crippen LogP contribution is 2.45. The van der Waals surface area contributed by atoms with Gasteiger partial charge >= 0.3 is 6.09 Å². The van der Waals surface area contributed by atoms with E-state index in [2.05, 4.69) is 11.9 Å². The van der Waals surface area contributed by atoms with Gasteiger partial charge in [0.25, 0.3) is 0 Å². The van der Waals surface area contributed by atoms with Crippen LogP contribution in [-0.4, -0.2) is 59.2 Å². The van der Waals surface area contributed by atoms with Crippen molar-refractivity contribution < 1.29 is 24.5 Å². The number of nitrogens with zero attached hydrogens (tertiary/aromatic N) is 1. The van der Waals surface area contributed by atoms with Crippen molar-refractivity contribution in [1.29, 1.82) is 0 Å². The minimum atomic E-state index is -0.679. The molecule has 0 spiro atoms. The summed E-state index contributed by atoms with van der Waals surface area (Å²) in [4.78, 5) is 18.7. The van der Waals surface area contributed by atoms with E-state index >= 15 is 0 Å². The number of aromatic amines is 1. The lowest BCUT2D eigenvalue weighted by atomic mass is 9.88. The second-order valence-corrected chi connectivity index (χ2v) is 11.4. The van der Waals surface area contributed by atoms with Gasteiger partial charge in [-0.15, -0.1) is 0 Å². The Hall–Kier alpha value is -2.74. The van der Waals surface area contributed by atoms with Gasteiger partial charge in [-0.2, -0.15) is 0 Å². The number of benzene rings is 2. The molecule has 1 atom stereocenters. The highest BCUT2D eigenvalue weighted by Gasteiger charge is 2.41. The number of nitrogens with one attached hydrogen (secondary N) is 1. The molecule has 0 bridgehead atoms. The van der Waals surface area contributed by atoms with Gasteiger partial charge in [-0.3, -0.25) is 4.90 Å². The Labute approximate surface area is 222 Å². The minimum Gasteiger partial charge on any atom is -0.493 e. The summed E-state index contributed by atoms with van der Waals surface area (Å²) in [7, 11) is 0. The molecule has 3 aromatic rings. The van der Waals surface area contributed by atoms with Gasteiger partial charge in [0.2, 0.25) is 0 Å². The Kier molecular flexibility index (Phi) is 7.14. The minimum absolute atomic E-state index is 0.111. The van der Waals surface area contributed by atoms with E-state index in [1.807, 2.05) is 49.4 Å². The number of aromatic nitrogens is 1. The molecule has 1 aromatic heterocycles. The van der Waals surface area contributed by atoms with E-state index in [9.17, 15) is 15.0 Å². The summed E-state index contributed by atoms with van der Waals surface area (Å²) >= 11 is 6.31. The highest BCUT2D eigenvalue weighted by atomic mass is 35.5. The number of amides is 1. The second kappa shape index (κ2) is 10.2. The lowest BCUT2D eigenvalue weighted by Crippen LogP contribution is -2.41. The van der Waals surface area contributed by atoms with Gasteiger partial charge in [0.15, 0.2) is 0 Å². The molecule has 0 radical (unpaired) electrons. The van der Waals surface area contributed by atoms with Crippen LogP contribution in [0.15, 0.2) is 42.5 Å². The summed E-state index contributed by atoms with van der Waals surface area (Å²) in [5.41, 5.74) is 3.49. The van der Waals surface area contributed by atoms with Gasteiger partial charge in [0.05, 0.1) is 31.8 Å². The lowest BCUT2D eigenvalue weighted by Gasteiger charge is -2.35. The fraction of sp³-hybridized carbons (Fsp3) is 0.483. The van der Waals surface area contributed by atoms with Crippen LogP contribution in [0.25, 0.3) is 10.9 Å². The molecule has 2 aliphatic rings. The number of fused-ring (bicyclic) bond motifs is 3. The molecular weight excluding hydrogens is 492 g/mol. The fourth-order valence-corrected chi connectivity index (χ4v) is 5.10. The summed E-state index contributed by atoms with van der Waals surface area (Å²) in [5, 5.41) is 21.2. The molecular formula is C29H35ClN2O5. The number of halogens is 1. The van der Waals surface area contributed by atoms with E-state index in [1.165, 1.54) is 5.56 Å². The van der Waals surface area contributed by atoms with Crippen molar-refractivity contribution in [3.8, 4) is 5.75 Å². The average molecular weight is 527 g/mol. The fourth-order valence-electron chi connectivity index (χ4n) is 4.93. The summed E-state index contributed by atoms with van der Waals surface area (Å²) < 4.78 is 11.7. The second-order valence-electron chi connectivity index (χ2n) is 10.9. The lowest BCUT2D eigenvalue weighted by molar-refractivity contribution is 0.0114. The predicted molar refractivity (Wildman–Crippen MR) is 143 cm³/mol. The van der Waals surface area contributed by atoms with Gasteiger partial charge in [0, 0.05) is 33.6 Å². The van der Waals surface area contributed by atoms with Crippen molar-refractivity contribution in [3.05, 3.63) is 64.3 Å². The molecule has 2 heterocycles. The number of hydrogen-bond donors (Lipinski definition) is 3. The summed E-state index contributed by atoms with van der Waals surface area (Å²) in [6, 6.07) is 13.1. The van der Waals surface area contributed by atoms with E-state index in [-0.39, 0.29) is 37.4 Å². The van der Waals surface area contributed by atoms with Crippen molar-refractivity contribution in [2.45, 2.75) is 45.6 Å². The number of hydrogen-bond acceptors (Lipinski definition) is 5. The number of carbonyl (C=O) groups is 1. The van der Waals surface area contributed by atoms with Crippen LogP contribution in [0.2, 0.25) is 5.02 Å². The first-order valence-electron chi connectivity index (χ1n) is 13.0. The van der Waals surface area contributed by atoms with Crippen LogP contribution in [0, 0.1) is 10.8 Å². The number of aliphatic hydroxyl groups excluding tert-OH is 2. The molecule has 1 fully saturated rings. The largest absolute Gasteiger partial charge is 0.493 e. The Morgan fingerprint density at radius 3 is 2.57 bits per heavy atom. The zero-order valence-corrected chi connectivity index (χ0v) is 22.2. The van der Waals surface area contributed by atoms with Crippen molar-refractivity contribution in [2.75, 3.05) is 33.0 Å². The molecule has 8 heteroatoms. The molecule has 37 heavy (non-hydrogen) atoms. The molecule has 7 nitrogen and oxygen atoms in total. The highest BCUT2D eigenvalue weighted by molar-refractivity contribution is 6.31. The van der Waals surface area contributed by atoms with E-state index in [0.717, 1.165) is 35.0 Å². The number of H-pyrrole nitrogens is 1. The Balaban J connectivity index is 1.44. The molecule has 3 N–H and O–H groups in total. The van der Waals surface area contributed by atoms with E-state index < -0.39 is 5.41 Å². The van der Waals surface area contributed by atoms with Gasteiger partial charge < -0.3 is 24.7 Å². The first kappa shape index (κ1) is 25.9. The Morgan fingerprint density at radius 2 is 1.92 bits per heavy atom. The standard InChI is InChI=1S/C29H35ClN2O5/c1-3-29(15-33,16-34)18-36-21-7-4-19(5-8-21)26-25-22(23-14-20(30)6-9-24(23)31-25)10-13-32(26)27(35)37-17-28(2)11-12-28/h4-9,14,26,31,33-34H,3,10-13,15-18H2,1-2H3/t26-/m0/s1. The van der Waals surface area contributed by atoms with Crippen LogP contribution in [0.4, 0.5) is 4.79 Å². The van der Waals surface area contributed by atoms with Crippen molar-refractivity contribution in [3.63, 3.8) is 0 Å². The Morgan fingerprint density at radius 1 is 1.19 bits per heavy atom. The van der Waals surface area contributed by atoms with E-state index in [4.69, 9.17) is 21.1 Å². The molecule has 5 rings (SSSR count). The summed E-state index contributed by atoms with van der Waals surface area (Å²) in [5.74, 6) is 0.638. The molecule has 1 aliphatic heterocycles. The number of aliphatic hydroxyl groups is 2. The third-order valence-electron chi connectivity index (χ3n) is 8.13. The average Bonchev–Trinajstić information content (AvgIpc) is 3.55. The SMILES string of the molecule is CCC(CO)(CO)COc1ccc([C@H]2c3[nH]c4ccc(Cl)cc4c3CCN2C(=O)OCC2(C)CC2)cc1. The maximum Gasteiger partial charge on any atom is 0.410 e. The summed E-state index contributed by atoms with van der Waals surface area (Å²) in [6.45, 7) is 4.95.